The van der Waals surface area contributed by atoms with Gasteiger partial charge in [-0.3, -0.25) is 4.98 Å². The van der Waals surface area contributed by atoms with E-state index in [1.807, 2.05) is 36.4 Å². The zero-order valence-electron chi connectivity index (χ0n) is 12.5. The molecule has 0 saturated heterocycles. The van der Waals surface area contributed by atoms with Crippen LogP contribution in [0, 0.1) is 0 Å². The molecule has 114 valence electrons. The standard InChI is InChI=1S/C17H15N5O/c1-23-10-4-2-9(3-5-10)12-8-13-14(11-6-7-20-15(11)12)16(18)22-17(19)21-13/h2-8H,18H2,1H3,(H3,19,21,22). The second-order valence-electron chi connectivity index (χ2n) is 5.29. The Morgan fingerprint density at radius 2 is 1.87 bits per heavy atom. The number of fused-ring (bicyclic) bond motifs is 3. The van der Waals surface area contributed by atoms with E-state index in [0.29, 0.717) is 5.82 Å². The number of benzene rings is 2. The van der Waals surface area contributed by atoms with E-state index in [-0.39, 0.29) is 5.95 Å². The van der Waals surface area contributed by atoms with Crippen LogP contribution in [0.1, 0.15) is 0 Å². The Hall–Kier alpha value is -3.28. The average Bonchev–Trinajstić information content (AvgIpc) is 3.03. The van der Waals surface area contributed by atoms with Crippen molar-refractivity contribution in [2.45, 2.75) is 0 Å². The lowest BCUT2D eigenvalue weighted by molar-refractivity contribution is 0.415. The minimum Gasteiger partial charge on any atom is -0.497 e. The number of hydrogen-bond donors (Lipinski definition) is 3. The zero-order valence-corrected chi connectivity index (χ0v) is 12.5. The van der Waals surface area contributed by atoms with Crippen LogP contribution in [0.15, 0.2) is 42.6 Å². The molecule has 0 saturated carbocycles. The zero-order chi connectivity index (χ0) is 16.0. The van der Waals surface area contributed by atoms with Crippen molar-refractivity contribution in [3.05, 3.63) is 42.6 Å². The molecule has 0 aliphatic rings. The molecular formula is C17H15N5O. The molecule has 0 unspecified atom stereocenters. The van der Waals surface area contributed by atoms with E-state index in [1.54, 1.807) is 13.3 Å². The summed E-state index contributed by atoms with van der Waals surface area (Å²) in [5.41, 5.74) is 15.6. The average molecular weight is 305 g/mol. The maximum Gasteiger partial charge on any atom is 0.199 e. The summed E-state index contributed by atoms with van der Waals surface area (Å²) in [4.78, 5) is 11.7. The summed E-state index contributed by atoms with van der Waals surface area (Å²) >= 11 is 0. The number of aromatic nitrogens is 3. The van der Waals surface area contributed by atoms with Crippen LogP contribution in [0.25, 0.3) is 32.9 Å². The summed E-state index contributed by atoms with van der Waals surface area (Å²) < 4.78 is 5.22. The molecule has 0 aliphatic carbocycles. The highest BCUT2D eigenvalue weighted by Gasteiger charge is 2.14. The van der Waals surface area contributed by atoms with Gasteiger partial charge in [0.05, 0.1) is 18.1 Å². The van der Waals surface area contributed by atoms with Crippen molar-refractivity contribution in [3.8, 4) is 16.9 Å². The quantitative estimate of drug-likeness (QED) is 0.528. The third-order valence-corrected chi connectivity index (χ3v) is 3.94. The van der Waals surface area contributed by atoms with Crippen molar-refractivity contribution in [3.63, 3.8) is 0 Å². The fourth-order valence-corrected chi connectivity index (χ4v) is 2.90. The van der Waals surface area contributed by atoms with E-state index >= 15 is 0 Å². The number of anilines is 2. The predicted octanol–water partition coefficient (Wildman–Crippen LogP) is 2.95. The molecule has 2 heterocycles. The van der Waals surface area contributed by atoms with Gasteiger partial charge in [-0.2, -0.15) is 4.98 Å². The first-order valence-electron chi connectivity index (χ1n) is 7.14. The summed E-state index contributed by atoms with van der Waals surface area (Å²) in [6.45, 7) is 0. The van der Waals surface area contributed by atoms with E-state index in [1.165, 1.54) is 0 Å². The lowest BCUT2D eigenvalue weighted by atomic mass is 10.00. The van der Waals surface area contributed by atoms with Crippen LogP contribution in [-0.4, -0.2) is 22.1 Å². The maximum absolute atomic E-state index is 6.05. The monoisotopic (exact) mass is 305 g/mol. The van der Waals surface area contributed by atoms with E-state index < -0.39 is 0 Å². The Labute approximate surface area is 132 Å². The number of H-pyrrole nitrogens is 1. The number of nitrogens with zero attached hydrogens (tertiary/aromatic N) is 2. The molecule has 6 heteroatoms. The van der Waals surface area contributed by atoms with Gasteiger partial charge in [0.2, 0.25) is 0 Å². The van der Waals surface area contributed by atoms with Crippen LogP contribution in [0.3, 0.4) is 0 Å². The van der Waals surface area contributed by atoms with E-state index in [9.17, 15) is 0 Å². The van der Waals surface area contributed by atoms with E-state index in [4.69, 9.17) is 16.2 Å². The van der Waals surface area contributed by atoms with Crippen LogP contribution in [0.4, 0.5) is 11.8 Å². The SMILES string of the molecule is COc1ccc(-c2cc3[nH]c(N)nc(N)c3c3ccnc23)cc1. The summed E-state index contributed by atoms with van der Waals surface area (Å²) in [5.74, 6) is 1.50. The van der Waals surface area contributed by atoms with Gasteiger partial charge in [-0.1, -0.05) is 12.1 Å². The lowest BCUT2D eigenvalue weighted by Gasteiger charge is -2.10. The summed E-state index contributed by atoms with van der Waals surface area (Å²) in [7, 11) is 1.65. The fraction of sp³-hybridized carbons (Fsp3) is 0.0588. The number of aromatic amines is 1. The minimum atomic E-state index is 0.287. The molecule has 0 atom stereocenters. The van der Waals surface area contributed by atoms with Gasteiger partial charge in [-0.05, 0) is 29.8 Å². The fourth-order valence-electron chi connectivity index (χ4n) is 2.90. The van der Waals surface area contributed by atoms with Crippen molar-refractivity contribution in [2.75, 3.05) is 18.6 Å². The second-order valence-corrected chi connectivity index (χ2v) is 5.29. The van der Waals surface area contributed by atoms with Gasteiger partial charge < -0.3 is 21.2 Å². The highest BCUT2D eigenvalue weighted by molar-refractivity contribution is 6.15. The Bertz CT molecular complexity index is 1020. The third-order valence-electron chi connectivity index (χ3n) is 3.94. The first-order chi connectivity index (χ1) is 11.2. The summed E-state index contributed by atoms with van der Waals surface area (Å²) in [5, 5.41) is 1.79. The van der Waals surface area contributed by atoms with Crippen LogP contribution in [-0.2, 0) is 0 Å². The van der Waals surface area contributed by atoms with Crippen molar-refractivity contribution in [1.29, 1.82) is 0 Å². The van der Waals surface area contributed by atoms with E-state index in [0.717, 1.165) is 38.7 Å². The van der Waals surface area contributed by atoms with Gasteiger partial charge >= 0.3 is 0 Å². The van der Waals surface area contributed by atoms with Gasteiger partial charge in [0, 0.05) is 22.5 Å². The molecule has 2 aromatic heterocycles. The van der Waals surface area contributed by atoms with Crippen molar-refractivity contribution >= 4 is 33.6 Å². The van der Waals surface area contributed by atoms with Crippen LogP contribution >= 0.6 is 0 Å². The second kappa shape index (κ2) is 4.88. The molecule has 4 aromatic rings. The number of rotatable bonds is 2. The number of hydrogen-bond acceptors (Lipinski definition) is 5. The first kappa shape index (κ1) is 13.4. The van der Waals surface area contributed by atoms with Gasteiger partial charge in [0.1, 0.15) is 11.6 Å². The summed E-state index contributed by atoms with van der Waals surface area (Å²) in [6.07, 6.45) is 1.77. The topological polar surface area (TPSA) is 103 Å². The van der Waals surface area contributed by atoms with Crippen LogP contribution < -0.4 is 16.2 Å². The smallest absolute Gasteiger partial charge is 0.199 e. The number of nitrogens with one attached hydrogen (secondary N) is 1. The molecule has 0 bridgehead atoms. The Morgan fingerprint density at radius 3 is 2.61 bits per heavy atom. The maximum atomic E-state index is 6.05. The molecule has 6 nitrogen and oxygen atoms in total. The molecule has 2 aromatic carbocycles. The minimum absolute atomic E-state index is 0.287. The van der Waals surface area contributed by atoms with Crippen molar-refractivity contribution in [2.24, 2.45) is 0 Å². The Morgan fingerprint density at radius 1 is 1.09 bits per heavy atom. The number of nitrogens with two attached hydrogens (primary N) is 2. The first-order valence-corrected chi connectivity index (χ1v) is 7.14. The molecule has 23 heavy (non-hydrogen) atoms. The van der Waals surface area contributed by atoms with Gasteiger partial charge in [0.25, 0.3) is 0 Å². The molecule has 0 radical (unpaired) electrons. The number of ether oxygens (including phenoxy) is 1. The Kier molecular flexibility index (Phi) is 2.84. The van der Waals surface area contributed by atoms with Crippen LogP contribution in [0.2, 0.25) is 0 Å². The highest BCUT2D eigenvalue weighted by atomic mass is 16.5. The number of methoxy groups -OCH3 is 1. The lowest BCUT2D eigenvalue weighted by Crippen LogP contribution is -2.01. The predicted molar refractivity (Wildman–Crippen MR) is 92.2 cm³/mol. The molecule has 0 aliphatic heterocycles. The largest absolute Gasteiger partial charge is 0.497 e. The van der Waals surface area contributed by atoms with Crippen LogP contribution in [0.5, 0.6) is 5.75 Å². The molecule has 5 N–H and O–H groups in total. The highest BCUT2D eigenvalue weighted by Crippen LogP contribution is 2.36. The third kappa shape index (κ3) is 2.03. The normalized spacial score (nSPS) is 11.2. The van der Waals surface area contributed by atoms with Crippen molar-refractivity contribution in [1.82, 2.24) is 15.0 Å². The molecule has 0 amide bonds. The molecular weight excluding hydrogens is 290 g/mol. The Balaban J connectivity index is 2.06. The molecule has 0 fully saturated rings. The van der Waals surface area contributed by atoms with E-state index in [2.05, 4.69) is 15.0 Å². The number of nitrogen functional groups attached to an aromatic ring is 2. The molecule has 4 rings (SSSR count). The summed E-state index contributed by atoms with van der Waals surface area (Å²) in [6, 6.07) is 11.8. The van der Waals surface area contributed by atoms with Gasteiger partial charge in [-0.15, -0.1) is 0 Å². The van der Waals surface area contributed by atoms with Gasteiger partial charge in [-0.25, -0.2) is 0 Å². The molecule has 0 spiro atoms. The van der Waals surface area contributed by atoms with Crippen molar-refractivity contribution < 1.29 is 4.74 Å². The van der Waals surface area contributed by atoms with Gasteiger partial charge in [0.15, 0.2) is 5.95 Å².